The summed E-state index contributed by atoms with van der Waals surface area (Å²) in [5.41, 5.74) is 1.04. The minimum absolute atomic E-state index is 0.323. The Balaban J connectivity index is 2.34. The second-order valence-corrected chi connectivity index (χ2v) is 4.95. The van der Waals surface area contributed by atoms with Gasteiger partial charge in [-0.2, -0.15) is 0 Å². The third-order valence-corrected chi connectivity index (χ3v) is 3.68. The summed E-state index contributed by atoms with van der Waals surface area (Å²) >= 11 is 5.95. The first-order chi connectivity index (χ1) is 8.09. The molecule has 0 aliphatic heterocycles. The fraction of sp³-hybridized carbons (Fsp3) is 0.462. The van der Waals surface area contributed by atoms with E-state index in [1.807, 2.05) is 7.05 Å². The largest absolute Gasteiger partial charge is 0.478 e. The predicted octanol–water partition coefficient (Wildman–Crippen LogP) is 3.42. The van der Waals surface area contributed by atoms with Gasteiger partial charge in [-0.05, 0) is 31.0 Å². The van der Waals surface area contributed by atoms with Crippen LogP contribution in [0, 0.1) is 0 Å². The zero-order chi connectivity index (χ0) is 12.4. The van der Waals surface area contributed by atoms with E-state index in [4.69, 9.17) is 11.6 Å². The molecule has 1 aliphatic rings. The van der Waals surface area contributed by atoms with E-state index in [2.05, 4.69) is 4.90 Å². The number of anilines is 1. The van der Waals surface area contributed by atoms with E-state index in [1.54, 1.807) is 18.2 Å². The van der Waals surface area contributed by atoms with Crippen molar-refractivity contribution in [2.75, 3.05) is 11.9 Å². The molecule has 0 unspecified atom stereocenters. The molecule has 1 aromatic carbocycles. The quantitative estimate of drug-likeness (QED) is 0.897. The van der Waals surface area contributed by atoms with Crippen molar-refractivity contribution < 1.29 is 9.90 Å². The molecule has 3 nitrogen and oxygen atoms in total. The molecule has 1 aliphatic carbocycles. The Morgan fingerprint density at radius 1 is 1.41 bits per heavy atom. The maximum atomic E-state index is 11.2. The van der Waals surface area contributed by atoms with E-state index in [0.717, 1.165) is 18.5 Å². The molecule has 0 bridgehead atoms. The summed E-state index contributed by atoms with van der Waals surface area (Å²) in [7, 11) is 1.95. The topological polar surface area (TPSA) is 40.5 Å². The van der Waals surface area contributed by atoms with Gasteiger partial charge in [0.1, 0.15) is 0 Å². The van der Waals surface area contributed by atoms with Gasteiger partial charge in [-0.15, -0.1) is 0 Å². The first-order valence-electron chi connectivity index (χ1n) is 5.85. The van der Waals surface area contributed by atoms with Crippen molar-refractivity contribution in [2.24, 2.45) is 0 Å². The van der Waals surface area contributed by atoms with Crippen LogP contribution in [0.25, 0.3) is 0 Å². The molecule has 1 aromatic rings. The highest BCUT2D eigenvalue weighted by molar-refractivity contribution is 6.31. The maximum absolute atomic E-state index is 11.2. The molecular formula is C13H16ClNO2. The number of nitrogens with zero attached hydrogens (tertiary/aromatic N) is 1. The Hall–Kier alpha value is -1.22. The third-order valence-electron chi connectivity index (χ3n) is 3.44. The first kappa shape index (κ1) is 12.2. The monoisotopic (exact) mass is 253 g/mol. The number of aromatic carboxylic acids is 1. The number of halogens is 1. The smallest absolute Gasteiger partial charge is 0.337 e. The lowest BCUT2D eigenvalue weighted by Gasteiger charge is -2.28. The molecule has 0 atom stereocenters. The van der Waals surface area contributed by atoms with E-state index in [1.165, 1.54) is 12.8 Å². The third kappa shape index (κ3) is 2.55. The zero-order valence-electron chi connectivity index (χ0n) is 9.82. The van der Waals surface area contributed by atoms with Crippen LogP contribution in [0.1, 0.15) is 36.0 Å². The van der Waals surface area contributed by atoms with Gasteiger partial charge in [0.25, 0.3) is 0 Å². The van der Waals surface area contributed by atoms with Crippen LogP contribution in [-0.2, 0) is 0 Å². The Morgan fingerprint density at radius 2 is 2.06 bits per heavy atom. The molecule has 92 valence electrons. The summed E-state index contributed by atoms with van der Waals surface area (Å²) < 4.78 is 0. The van der Waals surface area contributed by atoms with Crippen molar-refractivity contribution in [2.45, 2.75) is 31.7 Å². The van der Waals surface area contributed by atoms with Crippen molar-refractivity contribution >= 4 is 23.3 Å². The molecule has 0 spiro atoms. The van der Waals surface area contributed by atoms with E-state index < -0.39 is 5.97 Å². The number of rotatable bonds is 3. The maximum Gasteiger partial charge on any atom is 0.337 e. The molecule has 0 amide bonds. The van der Waals surface area contributed by atoms with Crippen molar-refractivity contribution in [3.8, 4) is 0 Å². The molecule has 0 aromatic heterocycles. The number of carboxylic acid groups (broad SMARTS) is 1. The molecule has 0 heterocycles. The van der Waals surface area contributed by atoms with Crippen LogP contribution in [0.5, 0.6) is 0 Å². The Bertz CT molecular complexity index is 427. The molecule has 2 rings (SSSR count). The van der Waals surface area contributed by atoms with Crippen LogP contribution in [0.3, 0.4) is 0 Å². The van der Waals surface area contributed by atoms with Crippen molar-refractivity contribution in [1.82, 2.24) is 0 Å². The van der Waals surface area contributed by atoms with Gasteiger partial charge in [0.05, 0.1) is 11.3 Å². The number of hydrogen-bond donors (Lipinski definition) is 1. The summed E-state index contributed by atoms with van der Waals surface area (Å²) in [4.78, 5) is 13.2. The van der Waals surface area contributed by atoms with Crippen LogP contribution in [0.15, 0.2) is 18.2 Å². The minimum Gasteiger partial charge on any atom is -0.478 e. The van der Waals surface area contributed by atoms with E-state index >= 15 is 0 Å². The van der Waals surface area contributed by atoms with Crippen LogP contribution < -0.4 is 4.90 Å². The fourth-order valence-corrected chi connectivity index (χ4v) is 2.63. The molecule has 1 fully saturated rings. The van der Waals surface area contributed by atoms with Gasteiger partial charge in [-0.3, -0.25) is 0 Å². The molecular weight excluding hydrogens is 238 g/mol. The minimum atomic E-state index is -0.901. The summed E-state index contributed by atoms with van der Waals surface area (Å²) in [6.07, 6.45) is 4.69. The molecule has 1 saturated carbocycles. The average Bonchev–Trinajstić information content (AvgIpc) is 2.80. The summed E-state index contributed by atoms with van der Waals surface area (Å²) in [6.45, 7) is 0. The molecule has 1 N–H and O–H groups in total. The van der Waals surface area contributed by atoms with Gasteiger partial charge in [0.2, 0.25) is 0 Å². The zero-order valence-corrected chi connectivity index (χ0v) is 10.6. The molecule has 0 radical (unpaired) electrons. The molecule has 0 saturated heterocycles. The van der Waals surface area contributed by atoms with Crippen molar-refractivity contribution in [3.05, 3.63) is 28.8 Å². The van der Waals surface area contributed by atoms with Crippen molar-refractivity contribution in [1.29, 1.82) is 0 Å². The first-order valence-corrected chi connectivity index (χ1v) is 6.23. The highest BCUT2D eigenvalue weighted by Crippen LogP contribution is 2.31. The number of benzene rings is 1. The van der Waals surface area contributed by atoms with E-state index in [-0.39, 0.29) is 0 Å². The molecule has 17 heavy (non-hydrogen) atoms. The lowest BCUT2D eigenvalue weighted by Crippen LogP contribution is -2.30. The second kappa shape index (κ2) is 4.96. The fourth-order valence-electron chi connectivity index (χ4n) is 2.47. The SMILES string of the molecule is CN(c1cc(Cl)ccc1C(=O)O)C1CCCC1. The van der Waals surface area contributed by atoms with Gasteiger partial charge in [-0.1, -0.05) is 24.4 Å². The van der Waals surface area contributed by atoms with Crippen LogP contribution >= 0.6 is 11.6 Å². The summed E-state index contributed by atoms with van der Waals surface area (Å²) in [6, 6.07) is 5.37. The Morgan fingerprint density at radius 3 is 2.65 bits per heavy atom. The summed E-state index contributed by atoms with van der Waals surface area (Å²) in [5, 5.41) is 9.76. The van der Waals surface area contributed by atoms with Gasteiger partial charge in [-0.25, -0.2) is 4.79 Å². The van der Waals surface area contributed by atoms with E-state index in [9.17, 15) is 9.90 Å². The second-order valence-electron chi connectivity index (χ2n) is 4.52. The standard InChI is InChI=1S/C13H16ClNO2/c1-15(10-4-2-3-5-10)12-8-9(14)6-7-11(12)13(16)17/h6-8,10H,2-5H2,1H3,(H,16,17). The van der Waals surface area contributed by atoms with Crippen molar-refractivity contribution in [3.63, 3.8) is 0 Å². The summed E-state index contributed by atoms with van der Waals surface area (Å²) in [5.74, 6) is -0.901. The number of hydrogen-bond acceptors (Lipinski definition) is 2. The highest BCUT2D eigenvalue weighted by atomic mass is 35.5. The van der Waals surface area contributed by atoms with Gasteiger partial charge < -0.3 is 10.0 Å². The lowest BCUT2D eigenvalue weighted by molar-refractivity contribution is 0.0697. The van der Waals surface area contributed by atoms with E-state index in [0.29, 0.717) is 16.6 Å². The van der Waals surface area contributed by atoms with Crippen LogP contribution in [-0.4, -0.2) is 24.2 Å². The van der Waals surface area contributed by atoms with Crippen LogP contribution in [0.2, 0.25) is 5.02 Å². The predicted molar refractivity (Wildman–Crippen MR) is 69.1 cm³/mol. The van der Waals surface area contributed by atoms with Gasteiger partial charge >= 0.3 is 5.97 Å². The Labute approximate surface area is 106 Å². The number of carbonyl (C=O) groups is 1. The Kier molecular flexibility index (Phi) is 3.57. The number of carboxylic acids is 1. The highest BCUT2D eigenvalue weighted by Gasteiger charge is 2.23. The average molecular weight is 254 g/mol. The van der Waals surface area contributed by atoms with Gasteiger partial charge in [0, 0.05) is 18.1 Å². The lowest BCUT2D eigenvalue weighted by atomic mass is 10.1. The van der Waals surface area contributed by atoms with Crippen LogP contribution in [0.4, 0.5) is 5.69 Å². The van der Waals surface area contributed by atoms with Gasteiger partial charge in [0.15, 0.2) is 0 Å². The normalized spacial score (nSPS) is 16.1. The molecule has 4 heteroatoms.